The summed E-state index contributed by atoms with van der Waals surface area (Å²) in [5.41, 5.74) is 2.68. The molecular formula is C19H24N2O3S. The molecule has 0 fully saturated rings. The first-order valence-electron chi connectivity index (χ1n) is 8.50. The van der Waals surface area contributed by atoms with Crippen LogP contribution in [-0.4, -0.2) is 31.1 Å². The van der Waals surface area contributed by atoms with Gasteiger partial charge in [0.05, 0.1) is 4.90 Å². The monoisotopic (exact) mass is 360 g/mol. The first kappa shape index (κ1) is 17.9. The molecule has 3 rings (SSSR count). The van der Waals surface area contributed by atoms with Crippen LogP contribution < -0.4 is 5.32 Å². The lowest BCUT2D eigenvalue weighted by atomic mass is 10.1. The van der Waals surface area contributed by atoms with Crippen LogP contribution in [0.4, 0.5) is 5.69 Å². The summed E-state index contributed by atoms with van der Waals surface area (Å²) in [7, 11) is -2.04. The van der Waals surface area contributed by atoms with Crippen molar-refractivity contribution in [2.45, 2.75) is 43.4 Å². The molecule has 134 valence electrons. The molecular weight excluding hydrogens is 336 g/mol. The van der Waals surface area contributed by atoms with Crippen LogP contribution in [0.15, 0.2) is 53.4 Å². The van der Waals surface area contributed by atoms with E-state index in [1.807, 2.05) is 43.3 Å². The molecule has 5 nitrogen and oxygen atoms in total. The van der Waals surface area contributed by atoms with Crippen molar-refractivity contribution < 1.29 is 13.5 Å². The van der Waals surface area contributed by atoms with E-state index in [1.54, 1.807) is 19.2 Å². The van der Waals surface area contributed by atoms with Crippen molar-refractivity contribution in [1.82, 2.24) is 4.31 Å². The molecule has 2 N–H and O–H groups in total. The maximum Gasteiger partial charge on any atom is 0.243 e. The number of aryl methyl sites for hydroxylation is 1. The predicted molar refractivity (Wildman–Crippen MR) is 98.8 cm³/mol. The van der Waals surface area contributed by atoms with E-state index in [4.69, 9.17) is 0 Å². The van der Waals surface area contributed by atoms with Gasteiger partial charge >= 0.3 is 0 Å². The van der Waals surface area contributed by atoms with Gasteiger partial charge in [0.15, 0.2) is 0 Å². The third kappa shape index (κ3) is 3.71. The summed E-state index contributed by atoms with van der Waals surface area (Å²) >= 11 is 0. The van der Waals surface area contributed by atoms with Gasteiger partial charge in [-0.15, -0.1) is 0 Å². The fourth-order valence-electron chi connectivity index (χ4n) is 3.12. The van der Waals surface area contributed by atoms with Crippen LogP contribution in [-0.2, 0) is 16.4 Å². The Labute approximate surface area is 149 Å². The van der Waals surface area contributed by atoms with Crippen molar-refractivity contribution in [3.63, 3.8) is 0 Å². The summed E-state index contributed by atoms with van der Waals surface area (Å²) in [6, 6.07) is 14.4. The largest absolute Gasteiger partial charge is 0.374 e. The molecule has 0 bridgehead atoms. The summed E-state index contributed by atoms with van der Waals surface area (Å²) in [6.07, 6.45) is 1.72. The number of sulfonamides is 1. The highest BCUT2D eigenvalue weighted by Crippen LogP contribution is 2.30. The lowest BCUT2D eigenvalue weighted by Crippen LogP contribution is -2.30. The van der Waals surface area contributed by atoms with Crippen LogP contribution >= 0.6 is 0 Å². The van der Waals surface area contributed by atoms with Gasteiger partial charge in [-0.2, -0.15) is 4.31 Å². The Balaban J connectivity index is 1.92. The maximum atomic E-state index is 13.0. The SMILES string of the molecule is CC(c1ccccc1)N(C)S(=O)(=O)c1ccc2c(c1)NC(O)CCC2. The quantitative estimate of drug-likeness (QED) is 0.879. The van der Waals surface area contributed by atoms with Gasteiger partial charge in [-0.05, 0) is 49.4 Å². The number of nitrogens with one attached hydrogen (secondary N) is 1. The smallest absolute Gasteiger partial charge is 0.243 e. The van der Waals surface area contributed by atoms with E-state index in [0.717, 1.165) is 24.0 Å². The van der Waals surface area contributed by atoms with E-state index in [9.17, 15) is 13.5 Å². The molecule has 0 saturated carbocycles. The van der Waals surface area contributed by atoms with Crippen molar-refractivity contribution in [2.24, 2.45) is 0 Å². The Hall–Kier alpha value is -1.89. The van der Waals surface area contributed by atoms with Gasteiger partial charge in [-0.25, -0.2) is 8.42 Å². The standard InChI is InChI=1S/C19H24N2O3S/c1-14(15-7-4-3-5-8-15)21(2)25(23,24)17-12-11-16-9-6-10-19(22)20-18(16)13-17/h3-5,7-8,11-14,19-20,22H,6,9-10H2,1-2H3. The second-order valence-electron chi connectivity index (χ2n) is 6.48. The third-order valence-electron chi connectivity index (χ3n) is 4.83. The molecule has 2 aromatic rings. The van der Waals surface area contributed by atoms with Gasteiger partial charge < -0.3 is 10.4 Å². The van der Waals surface area contributed by atoms with Gasteiger partial charge in [0.25, 0.3) is 0 Å². The minimum absolute atomic E-state index is 0.234. The number of aliphatic hydroxyl groups is 1. The van der Waals surface area contributed by atoms with Gasteiger partial charge in [0.2, 0.25) is 10.0 Å². The normalized spacial score (nSPS) is 19.0. The Morgan fingerprint density at radius 3 is 2.64 bits per heavy atom. The van der Waals surface area contributed by atoms with Crippen LogP contribution in [0.2, 0.25) is 0 Å². The van der Waals surface area contributed by atoms with Crippen LogP contribution in [0.1, 0.15) is 36.9 Å². The number of hydrogen-bond acceptors (Lipinski definition) is 4. The van der Waals surface area contributed by atoms with Crippen molar-refractivity contribution in [1.29, 1.82) is 0 Å². The van der Waals surface area contributed by atoms with Crippen LogP contribution in [0, 0.1) is 0 Å². The second-order valence-corrected chi connectivity index (χ2v) is 8.48. The number of hydrogen-bond donors (Lipinski definition) is 2. The minimum Gasteiger partial charge on any atom is -0.374 e. The summed E-state index contributed by atoms with van der Waals surface area (Å²) in [5, 5.41) is 12.9. The first-order valence-corrected chi connectivity index (χ1v) is 9.94. The average molecular weight is 360 g/mol. The molecule has 0 spiro atoms. The number of fused-ring (bicyclic) bond motifs is 1. The lowest BCUT2D eigenvalue weighted by molar-refractivity contribution is 0.192. The Morgan fingerprint density at radius 2 is 1.92 bits per heavy atom. The Bertz CT molecular complexity index is 837. The van der Waals surface area contributed by atoms with E-state index in [1.165, 1.54) is 4.31 Å². The fourth-order valence-corrected chi connectivity index (χ4v) is 4.50. The van der Waals surface area contributed by atoms with E-state index >= 15 is 0 Å². The molecule has 0 amide bonds. The van der Waals surface area contributed by atoms with Gasteiger partial charge in [-0.1, -0.05) is 36.4 Å². The first-order chi connectivity index (χ1) is 11.9. The number of rotatable bonds is 4. The molecule has 25 heavy (non-hydrogen) atoms. The highest BCUT2D eigenvalue weighted by Gasteiger charge is 2.27. The summed E-state index contributed by atoms with van der Waals surface area (Å²) in [6.45, 7) is 1.87. The number of benzene rings is 2. The van der Waals surface area contributed by atoms with E-state index in [2.05, 4.69) is 5.32 Å². The zero-order valence-electron chi connectivity index (χ0n) is 14.5. The number of nitrogens with zero attached hydrogens (tertiary/aromatic N) is 1. The summed E-state index contributed by atoms with van der Waals surface area (Å²) in [5.74, 6) is 0. The molecule has 0 aromatic heterocycles. The third-order valence-corrected chi connectivity index (χ3v) is 6.76. The Morgan fingerprint density at radius 1 is 1.20 bits per heavy atom. The molecule has 0 radical (unpaired) electrons. The van der Waals surface area contributed by atoms with Gasteiger partial charge in [0, 0.05) is 18.8 Å². The summed E-state index contributed by atoms with van der Waals surface area (Å²) < 4.78 is 27.5. The average Bonchev–Trinajstić information content (AvgIpc) is 2.80. The molecule has 1 aliphatic heterocycles. The number of anilines is 1. The van der Waals surface area contributed by atoms with Gasteiger partial charge in [-0.3, -0.25) is 0 Å². The molecule has 2 unspecified atom stereocenters. The van der Waals surface area contributed by atoms with E-state index in [-0.39, 0.29) is 10.9 Å². The fraction of sp³-hybridized carbons (Fsp3) is 0.368. The van der Waals surface area contributed by atoms with Crippen LogP contribution in [0.25, 0.3) is 0 Å². The van der Waals surface area contributed by atoms with Crippen molar-refractivity contribution in [2.75, 3.05) is 12.4 Å². The molecule has 2 atom stereocenters. The maximum absolute atomic E-state index is 13.0. The van der Waals surface area contributed by atoms with Gasteiger partial charge in [0.1, 0.15) is 6.23 Å². The van der Waals surface area contributed by atoms with E-state index in [0.29, 0.717) is 12.1 Å². The molecule has 1 heterocycles. The van der Waals surface area contributed by atoms with Crippen molar-refractivity contribution in [3.8, 4) is 0 Å². The zero-order chi connectivity index (χ0) is 18.0. The van der Waals surface area contributed by atoms with E-state index < -0.39 is 16.3 Å². The van der Waals surface area contributed by atoms with Crippen molar-refractivity contribution >= 4 is 15.7 Å². The summed E-state index contributed by atoms with van der Waals surface area (Å²) in [4.78, 5) is 0.234. The molecule has 0 aliphatic carbocycles. The second kappa shape index (κ2) is 7.15. The zero-order valence-corrected chi connectivity index (χ0v) is 15.3. The van der Waals surface area contributed by atoms with Crippen LogP contribution in [0.5, 0.6) is 0 Å². The topological polar surface area (TPSA) is 69.6 Å². The predicted octanol–water partition coefficient (Wildman–Crippen LogP) is 3.13. The minimum atomic E-state index is -3.64. The highest BCUT2D eigenvalue weighted by atomic mass is 32.2. The molecule has 6 heteroatoms. The molecule has 0 saturated heterocycles. The molecule has 1 aliphatic rings. The lowest BCUT2D eigenvalue weighted by Gasteiger charge is -2.25. The Kier molecular flexibility index (Phi) is 5.13. The highest BCUT2D eigenvalue weighted by molar-refractivity contribution is 7.89. The van der Waals surface area contributed by atoms with Crippen molar-refractivity contribution in [3.05, 3.63) is 59.7 Å². The van der Waals surface area contributed by atoms with Crippen LogP contribution in [0.3, 0.4) is 0 Å². The molecule has 2 aromatic carbocycles. The number of aliphatic hydroxyl groups excluding tert-OH is 1.